The molecule has 5 nitrogen and oxygen atoms in total. The van der Waals surface area contributed by atoms with Crippen LogP contribution in [0.25, 0.3) is 0 Å². The zero-order valence-corrected chi connectivity index (χ0v) is 16.9. The summed E-state index contributed by atoms with van der Waals surface area (Å²) in [5.74, 6) is -0.234. The van der Waals surface area contributed by atoms with Crippen molar-refractivity contribution in [3.8, 4) is 0 Å². The minimum atomic E-state index is -3.83. The summed E-state index contributed by atoms with van der Waals surface area (Å²) in [5.41, 5.74) is 0.412. The second-order valence-electron chi connectivity index (χ2n) is 7.84. The van der Waals surface area contributed by atoms with Gasteiger partial charge in [0.15, 0.2) is 0 Å². The van der Waals surface area contributed by atoms with E-state index in [2.05, 4.69) is 0 Å². The zero-order chi connectivity index (χ0) is 19.3. The van der Waals surface area contributed by atoms with E-state index in [0.29, 0.717) is 12.3 Å². The highest BCUT2D eigenvalue weighted by Crippen LogP contribution is 2.21. The second kappa shape index (κ2) is 8.81. The van der Waals surface area contributed by atoms with E-state index < -0.39 is 15.7 Å². The van der Waals surface area contributed by atoms with Crippen molar-refractivity contribution in [1.82, 2.24) is 0 Å². The minimum absolute atomic E-state index is 0.0341. The Kier molecular flexibility index (Phi) is 7.62. The maximum Gasteiger partial charge on any atom is 0.306 e. The summed E-state index contributed by atoms with van der Waals surface area (Å²) in [7, 11) is -3.83. The highest BCUT2D eigenvalue weighted by atomic mass is 32.2. The third kappa shape index (κ3) is 8.50. The molecule has 1 aromatic rings. The molecule has 0 bridgehead atoms. The summed E-state index contributed by atoms with van der Waals surface area (Å²) in [6, 6.07) is 6.50. The Balaban J connectivity index is 2.74. The molecule has 1 unspecified atom stereocenters. The highest BCUT2D eigenvalue weighted by molar-refractivity contribution is 7.86. The number of hydrogen-bond donors (Lipinski definition) is 0. The van der Waals surface area contributed by atoms with Gasteiger partial charge in [-0.25, -0.2) is 0 Å². The zero-order valence-electron chi connectivity index (χ0n) is 16.0. The van der Waals surface area contributed by atoms with Gasteiger partial charge in [-0.3, -0.25) is 8.98 Å². The Labute approximate surface area is 151 Å². The number of carbonyl (C=O) groups excluding carboxylic acids is 1. The number of benzene rings is 1. The lowest BCUT2D eigenvalue weighted by molar-refractivity contribution is -0.156. The van der Waals surface area contributed by atoms with E-state index in [1.807, 2.05) is 20.8 Å². The molecule has 0 N–H and O–H groups in total. The van der Waals surface area contributed by atoms with Gasteiger partial charge >= 0.3 is 5.97 Å². The van der Waals surface area contributed by atoms with Crippen LogP contribution in [0.3, 0.4) is 0 Å². The van der Waals surface area contributed by atoms with Gasteiger partial charge in [-0.2, -0.15) is 8.42 Å². The fraction of sp³-hybridized carbons (Fsp3) is 0.632. The number of esters is 1. The van der Waals surface area contributed by atoms with E-state index in [4.69, 9.17) is 8.92 Å². The average molecular weight is 371 g/mol. The molecule has 25 heavy (non-hydrogen) atoms. The molecule has 0 saturated carbocycles. The second-order valence-corrected chi connectivity index (χ2v) is 9.45. The topological polar surface area (TPSA) is 69.7 Å². The van der Waals surface area contributed by atoms with Crippen molar-refractivity contribution in [2.75, 3.05) is 6.61 Å². The molecule has 0 aliphatic rings. The quantitative estimate of drug-likeness (QED) is 0.509. The lowest BCUT2D eigenvalue weighted by Gasteiger charge is -2.23. The molecule has 1 aromatic carbocycles. The van der Waals surface area contributed by atoms with Crippen LogP contribution in [0.5, 0.6) is 0 Å². The number of rotatable bonds is 8. The lowest BCUT2D eigenvalue weighted by Crippen LogP contribution is -2.27. The summed E-state index contributed by atoms with van der Waals surface area (Å²) in [4.78, 5) is 12.2. The minimum Gasteiger partial charge on any atom is -0.460 e. The van der Waals surface area contributed by atoms with Gasteiger partial charge in [0.25, 0.3) is 10.1 Å². The van der Waals surface area contributed by atoms with Crippen molar-refractivity contribution in [2.45, 2.75) is 64.9 Å². The van der Waals surface area contributed by atoms with Crippen molar-refractivity contribution >= 4 is 16.1 Å². The molecule has 0 heterocycles. The third-order valence-corrected chi connectivity index (χ3v) is 4.74. The van der Waals surface area contributed by atoms with Gasteiger partial charge in [-0.1, -0.05) is 31.5 Å². The molecule has 0 fully saturated rings. The van der Waals surface area contributed by atoms with Gasteiger partial charge < -0.3 is 4.74 Å². The third-order valence-electron chi connectivity index (χ3n) is 3.45. The van der Waals surface area contributed by atoms with E-state index in [1.54, 1.807) is 32.9 Å². The molecule has 142 valence electrons. The van der Waals surface area contributed by atoms with Crippen LogP contribution in [0.4, 0.5) is 0 Å². The number of hydrogen-bond acceptors (Lipinski definition) is 5. The van der Waals surface area contributed by atoms with Crippen LogP contribution in [0.1, 0.15) is 53.0 Å². The van der Waals surface area contributed by atoms with Crippen LogP contribution < -0.4 is 0 Å². The van der Waals surface area contributed by atoms with E-state index >= 15 is 0 Å². The van der Waals surface area contributed by atoms with Crippen LogP contribution >= 0.6 is 0 Å². The fourth-order valence-corrected chi connectivity index (χ4v) is 3.43. The first-order chi connectivity index (χ1) is 11.4. The Morgan fingerprint density at radius 1 is 1.12 bits per heavy atom. The normalized spacial score (nSPS) is 13.7. The van der Waals surface area contributed by atoms with Crippen molar-refractivity contribution in [3.05, 3.63) is 29.8 Å². The summed E-state index contributed by atoms with van der Waals surface area (Å²) in [6.07, 6.45) is 0.821. The van der Waals surface area contributed by atoms with Crippen molar-refractivity contribution < 1.29 is 22.1 Å². The molecule has 0 amide bonds. The number of carbonyl (C=O) groups is 1. The smallest absolute Gasteiger partial charge is 0.306 e. The predicted molar refractivity (Wildman–Crippen MR) is 97.7 cm³/mol. The molecule has 0 aliphatic heterocycles. The maximum absolute atomic E-state index is 12.3. The molecule has 6 heteroatoms. The molecular weight excluding hydrogens is 340 g/mol. The monoisotopic (exact) mass is 370 g/mol. The fourth-order valence-electron chi connectivity index (χ4n) is 2.45. The van der Waals surface area contributed by atoms with Crippen LogP contribution in [-0.4, -0.2) is 26.6 Å². The molecule has 1 rings (SSSR count). The van der Waals surface area contributed by atoms with E-state index in [0.717, 1.165) is 5.56 Å². The first-order valence-corrected chi connectivity index (χ1v) is 9.98. The lowest BCUT2D eigenvalue weighted by atomic mass is 9.95. The Hall–Kier alpha value is -1.40. The standard InChI is InChI=1S/C19H30O5S/c1-14(2)11-16(12-18(20)24-19(4,5)6)13-23-25(21,22)17-9-7-15(3)8-10-17/h7-10,14,16H,11-13H2,1-6H3. The van der Waals surface area contributed by atoms with Crippen molar-refractivity contribution in [1.29, 1.82) is 0 Å². The highest BCUT2D eigenvalue weighted by Gasteiger charge is 2.24. The van der Waals surface area contributed by atoms with Crippen LogP contribution in [0, 0.1) is 18.8 Å². The molecular formula is C19H30O5S. The largest absolute Gasteiger partial charge is 0.460 e. The van der Waals surface area contributed by atoms with E-state index in [1.165, 1.54) is 12.1 Å². The number of aryl methyl sites for hydroxylation is 1. The van der Waals surface area contributed by atoms with Gasteiger partial charge in [0.2, 0.25) is 0 Å². The first kappa shape index (κ1) is 21.6. The summed E-state index contributed by atoms with van der Waals surface area (Å²) in [6.45, 7) is 11.3. The summed E-state index contributed by atoms with van der Waals surface area (Å²) in [5, 5.41) is 0. The maximum atomic E-state index is 12.3. The van der Waals surface area contributed by atoms with Gasteiger partial charge in [-0.15, -0.1) is 0 Å². The molecule has 0 radical (unpaired) electrons. The molecule has 0 aromatic heterocycles. The summed E-state index contributed by atoms with van der Waals surface area (Å²) < 4.78 is 35.2. The molecule has 1 atom stereocenters. The Bertz CT molecular complexity index is 654. The van der Waals surface area contributed by atoms with Gasteiger partial charge in [-0.05, 0) is 58.1 Å². The number of ether oxygens (including phenoxy) is 1. The van der Waals surface area contributed by atoms with Gasteiger partial charge in [0.1, 0.15) is 5.60 Å². The van der Waals surface area contributed by atoms with Crippen LogP contribution in [0.2, 0.25) is 0 Å². The van der Waals surface area contributed by atoms with E-state index in [9.17, 15) is 13.2 Å². The Morgan fingerprint density at radius 3 is 2.16 bits per heavy atom. The molecule has 0 spiro atoms. The van der Waals surface area contributed by atoms with Crippen molar-refractivity contribution in [2.24, 2.45) is 11.8 Å². The van der Waals surface area contributed by atoms with E-state index in [-0.39, 0.29) is 29.8 Å². The SMILES string of the molecule is Cc1ccc(S(=O)(=O)OCC(CC(=O)OC(C)(C)C)CC(C)C)cc1. The van der Waals surface area contributed by atoms with Gasteiger partial charge in [0.05, 0.1) is 17.9 Å². The predicted octanol–water partition coefficient (Wildman–Crippen LogP) is 4.09. The first-order valence-electron chi connectivity index (χ1n) is 8.57. The molecule has 0 aliphatic carbocycles. The van der Waals surface area contributed by atoms with Crippen LogP contribution in [-0.2, 0) is 23.8 Å². The van der Waals surface area contributed by atoms with Gasteiger partial charge in [0, 0.05) is 0 Å². The summed E-state index contributed by atoms with van der Waals surface area (Å²) >= 11 is 0. The average Bonchev–Trinajstić information content (AvgIpc) is 2.42. The molecule has 0 saturated heterocycles. The Morgan fingerprint density at radius 2 is 1.68 bits per heavy atom. The van der Waals surface area contributed by atoms with Crippen molar-refractivity contribution in [3.63, 3.8) is 0 Å². The van der Waals surface area contributed by atoms with Crippen LogP contribution in [0.15, 0.2) is 29.2 Å².